The van der Waals surface area contributed by atoms with Gasteiger partial charge in [0.2, 0.25) is 0 Å². The van der Waals surface area contributed by atoms with Crippen molar-refractivity contribution < 1.29 is 28.7 Å². The number of anilines is 2. The van der Waals surface area contributed by atoms with E-state index in [1.54, 1.807) is 43.9 Å². The van der Waals surface area contributed by atoms with Crippen LogP contribution in [-0.4, -0.2) is 66.7 Å². The van der Waals surface area contributed by atoms with Crippen molar-refractivity contribution in [2.45, 2.75) is 32.8 Å². The third kappa shape index (κ3) is 5.53. The van der Waals surface area contributed by atoms with Crippen molar-refractivity contribution in [2.75, 3.05) is 43.1 Å². The number of urea groups is 1. The summed E-state index contributed by atoms with van der Waals surface area (Å²) < 4.78 is 10.2. The van der Waals surface area contributed by atoms with Crippen molar-refractivity contribution >= 4 is 41.1 Å². The first-order valence-corrected chi connectivity index (χ1v) is 9.96. The van der Waals surface area contributed by atoms with E-state index in [2.05, 4.69) is 5.32 Å². The van der Waals surface area contributed by atoms with Crippen LogP contribution >= 0.6 is 11.6 Å². The molecule has 2 saturated heterocycles. The minimum Gasteiger partial charge on any atom is -0.427 e. The molecule has 2 aliphatic rings. The highest BCUT2D eigenvalue weighted by molar-refractivity contribution is 6.34. The topological polar surface area (TPSA) is 101 Å². The van der Waals surface area contributed by atoms with Crippen LogP contribution in [0.5, 0.6) is 0 Å². The van der Waals surface area contributed by atoms with Crippen molar-refractivity contribution in [1.29, 1.82) is 0 Å². The Morgan fingerprint density at radius 1 is 1.20 bits per heavy atom. The molecule has 0 atom stereocenters. The number of amides is 3. The molecule has 2 heterocycles. The zero-order valence-corrected chi connectivity index (χ0v) is 17.9. The van der Waals surface area contributed by atoms with Crippen molar-refractivity contribution in [3.63, 3.8) is 0 Å². The maximum Gasteiger partial charge on any atom is 0.530 e. The van der Waals surface area contributed by atoms with E-state index in [0.717, 1.165) is 0 Å². The number of morpholine rings is 1. The zero-order chi connectivity index (χ0) is 21.9. The smallest absolute Gasteiger partial charge is 0.427 e. The molecule has 0 bridgehead atoms. The molecule has 0 saturated carbocycles. The van der Waals surface area contributed by atoms with Crippen LogP contribution < -0.4 is 10.2 Å². The molecule has 11 heteroatoms. The summed E-state index contributed by atoms with van der Waals surface area (Å²) >= 11 is 6.33. The maximum atomic E-state index is 12.7. The second kappa shape index (κ2) is 9.07. The summed E-state index contributed by atoms with van der Waals surface area (Å²) in [4.78, 5) is 43.3. The fourth-order valence-corrected chi connectivity index (χ4v) is 3.29. The number of nitrogens with one attached hydrogen (secondary N) is 1. The van der Waals surface area contributed by atoms with Crippen molar-refractivity contribution in [1.82, 2.24) is 10.2 Å². The molecule has 2 fully saturated rings. The highest BCUT2D eigenvalue weighted by Gasteiger charge is 2.32. The van der Waals surface area contributed by atoms with E-state index in [-0.39, 0.29) is 12.5 Å². The van der Waals surface area contributed by atoms with Gasteiger partial charge in [0.25, 0.3) is 5.91 Å². The number of hydrogen-bond donors (Lipinski definition) is 1. The summed E-state index contributed by atoms with van der Waals surface area (Å²) in [6, 6.07) is 4.39. The molecule has 0 spiro atoms. The third-order valence-electron chi connectivity index (χ3n) is 4.27. The fourth-order valence-electron chi connectivity index (χ4n) is 3.00. The van der Waals surface area contributed by atoms with Crippen LogP contribution in [0, 0.1) is 0 Å². The predicted molar refractivity (Wildman–Crippen MR) is 109 cm³/mol. The Morgan fingerprint density at radius 3 is 2.63 bits per heavy atom. The Kier molecular flexibility index (Phi) is 6.69. The van der Waals surface area contributed by atoms with E-state index >= 15 is 0 Å². The number of carbonyl (C=O) groups is 3. The first kappa shape index (κ1) is 22.1. The lowest BCUT2D eigenvalue weighted by atomic mass is 10.2. The quantitative estimate of drug-likeness (QED) is 0.721. The molecule has 1 aromatic rings. The summed E-state index contributed by atoms with van der Waals surface area (Å²) in [7, 11) is 0. The Hall–Kier alpha value is -2.56. The Bertz CT molecular complexity index is 828. The molecule has 0 radical (unpaired) electrons. The summed E-state index contributed by atoms with van der Waals surface area (Å²) in [6.45, 7) is 6.77. The average Bonchev–Trinajstić information content (AvgIpc) is 3.09. The molecule has 3 rings (SSSR count). The second-order valence-electron chi connectivity index (χ2n) is 7.80. The summed E-state index contributed by atoms with van der Waals surface area (Å²) in [5.74, 6) is -0.174. The number of hydrazine groups is 1. The Morgan fingerprint density at radius 2 is 1.97 bits per heavy atom. The molecule has 30 heavy (non-hydrogen) atoms. The lowest BCUT2D eigenvalue weighted by molar-refractivity contribution is -0.212. The SMILES string of the molecule is CC(C)(C)OC(=O)ON1CCCN1C(=O)Nc1ccc(N2CCOCC2=O)c(Cl)c1. The van der Waals surface area contributed by atoms with Crippen LogP contribution in [0.1, 0.15) is 27.2 Å². The van der Waals surface area contributed by atoms with Gasteiger partial charge in [-0.1, -0.05) is 11.6 Å². The van der Waals surface area contributed by atoms with E-state index < -0.39 is 17.8 Å². The number of rotatable bonds is 3. The van der Waals surface area contributed by atoms with Gasteiger partial charge < -0.3 is 24.5 Å². The average molecular weight is 441 g/mol. The molecule has 164 valence electrons. The highest BCUT2D eigenvalue weighted by atomic mass is 35.5. The highest BCUT2D eigenvalue weighted by Crippen LogP contribution is 2.30. The van der Waals surface area contributed by atoms with Gasteiger partial charge in [-0.3, -0.25) is 4.79 Å². The minimum atomic E-state index is -0.884. The number of carbonyl (C=O) groups excluding carboxylic acids is 3. The van der Waals surface area contributed by atoms with Crippen molar-refractivity contribution in [3.8, 4) is 0 Å². The van der Waals surface area contributed by atoms with Gasteiger partial charge in [0.15, 0.2) is 0 Å². The Balaban J connectivity index is 1.63. The summed E-state index contributed by atoms with van der Waals surface area (Å²) in [5.41, 5.74) is 0.294. The van der Waals surface area contributed by atoms with Gasteiger partial charge in [-0.25, -0.2) is 14.6 Å². The predicted octanol–water partition coefficient (Wildman–Crippen LogP) is 3.02. The largest absolute Gasteiger partial charge is 0.530 e. The van der Waals surface area contributed by atoms with E-state index in [4.69, 9.17) is 25.9 Å². The maximum absolute atomic E-state index is 12.7. The van der Waals surface area contributed by atoms with E-state index in [0.29, 0.717) is 49.1 Å². The van der Waals surface area contributed by atoms with Crippen molar-refractivity contribution in [2.24, 2.45) is 0 Å². The van der Waals surface area contributed by atoms with Gasteiger partial charge in [0, 0.05) is 18.8 Å². The van der Waals surface area contributed by atoms with E-state index in [1.807, 2.05) is 0 Å². The number of benzene rings is 1. The van der Waals surface area contributed by atoms with Crippen LogP contribution in [0.2, 0.25) is 5.02 Å². The van der Waals surface area contributed by atoms with Gasteiger partial charge >= 0.3 is 12.2 Å². The number of hydroxylamine groups is 1. The van der Waals surface area contributed by atoms with Crippen LogP contribution in [0.4, 0.5) is 21.0 Å². The normalized spacial score (nSPS) is 17.8. The second-order valence-corrected chi connectivity index (χ2v) is 8.21. The van der Waals surface area contributed by atoms with Gasteiger partial charge in [0.05, 0.1) is 23.9 Å². The number of nitrogens with zero attached hydrogens (tertiary/aromatic N) is 3. The molecule has 1 aromatic carbocycles. The number of halogens is 1. The monoisotopic (exact) mass is 440 g/mol. The summed E-state index contributed by atoms with van der Waals surface area (Å²) in [6.07, 6.45) is -0.250. The third-order valence-corrected chi connectivity index (χ3v) is 4.57. The lowest BCUT2D eigenvalue weighted by Gasteiger charge is -2.28. The summed E-state index contributed by atoms with van der Waals surface area (Å²) in [5, 5.41) is 5.49. The molecular formula is C19H25ClN4O6. The molecule has 0 aromatic heterocycles. The number of ether oxygens (including phenoxy) is 2. The fraction of sp³-hybridized carbons (Fsp3) is 0.526. The molecule has 0 aliphatic carbocycles. The zero-order valence-electron chi connectivity index (χ0n) is 17.1. The van der Waals surface area contributed by atoms with Crippen LogP contribution in [0.15, 0.2) is 18.2 Å². The van der Waals surface area contributed by atoms with Gasteiger partial charge in [-0.2, -0.15) is 0 Å². The lowest BCUT2D eigenvalue weighted by Crippen LogP contribution is -2.45. The first-order valence-electron chi connectivity index (χ1n) is 9.58. The molecule has 0 unspecified atom stereocenters. The van der Waals surface area contributed by atoms with Gasteiger partial charge in [-0.05, 0) is 50.6 Å². The van der Waals surface area contributed by atoms with Crippen LogP contribution in [0.3, 0.4) is 0 Å². The molecule has 2 aliphatic heterocycles. The minimum absolute atomic E-state index is 0.0112. The first-order chi connectivity index (χ1) is 14.1. The van der Waals surface area contributed by atoms with Crippen molar-refractivity contribution in [3.05, 3.63) is 23.2 Å². The Labute approximate surface area is 179 Å². The standard InChI is InChI=1S/C19H25ClN4O6/c1-19(2,3)29-18(27)30-24-8-4-7-23(24)17(26)21-13-5-6-15(14(20)11-13)22-9-10-28-12-16(22)25/h5-6,11H,4,7-10,12H2,1-3H3,(H,21,26). The molecule has 3 amide bonds. The van der Waals surface area contributed by atoms with Gasteiger partial charge in [-0.15, -0.1) is 0 Å². The number of hydrogen-bond acceptors (Lipinski definition) is 7. The van der Waals surface area contributed by atoms with Crippen LogP contribution in [0.25, 0.3) is 0 Å². The van der Waals surface area contributed by atoms with Crippen LogP contribution in [-0.2, 0) is 19.1 Å². The molecular weight excluding hydrogens is 416 g/mol. The van der Waals surface area contributed by atoms with E-state index in [1.165, 1.54) is 10.2 Å². The molecule has 10 nitrogen and oxygen atoms in total. The van der Waals surface area contributed by atoms with Gasteiger partial charge in [0.1, 0.15) is 12.2 Å². The molecule has 1 N–H and O–H groups in total. The van der Waals surface area contributed by atoms with E-state index in [9.17, 15) is 14.4 Å².